The van der Waals surface area contributed by atoms with Gasteiger partial charge in [-0.3, -0.25) is 5.32 Å². The minimum Gasteiger partial charge on any atom is -0.329 e. The van der Waals surface area contributed by atoms with E-state index in [2.05, 4.69) is 15.3 Å². The van der Waals surface area contributed by atoms with Gasteiger partial charge in [0.05, 0.1) is 0 Å². The molecule has 18 heavy (non-hydrogen) atoms. The van der Waals surface area contributed by atoms with Crippen LogP contribution in [0.15, 0.2) is 36.7 Å². The molecule has 1 heterocycles. The summed E-state index contributed by atoms with van der Waals surface area (Å²) in [4.78, 5) is 9.65. The number of halogens is 1. The maximum absolute atomic E-state index is 13.1. The predicted molar refractivity (Wildman–Crippen MR) is 65.7 cm³/mol. The third-order valence-corrected chi connectivity index (χ3v) is 2.38. The Bertz CT molecular complexity index is 593. The summed E-state index contributed by atoms with van der Waals surface area (Å²) >= 11 is 0. The van der Waals surface area contributed by atoms with Gasteiger partial charge >= 0.3 is 0 Å². The second kappa shape index (κ2) is 5.10. The third-order valence-electron chi connectivity index (χ3n) is 2.38. The van der Waals surface area contributed by atoms with E-state index in [1.54, 1.807) is 36.3 Å². The second-order valence-corrected chi connectivity index (χ2v) is 3.54. The molecule has 0 aliphatic carbocycles. The lowest BCUT2D eigenvalue weighted by atomic mass is 10.3. The molecule has 90 valence electrons. The van der Waals surface area contributed by atoms with Crippen molar-refractivity contribution in [2.75, 3.05) is 17.3 Å². The second-order valence-electron chi connectivity index (χ2n) is 3.54. The van der Waals surface area contributed by atoms with Crippen molar-refractivity contribution in [3.8, 4) is 6.19 Å². The Balaban J connectivity index is 2.31. The van der Waals surface area contributed by atoms with Crippen molar-refractivity contribution in [3.05, 3.63) is 42.5 Å². The number of nitrogens with one attached hydrogen (secondary N) is 1. The highest BCUT2D eigenvalue weighted by molar-refractivity contribution is 5.61. The van der Waals surface area contributed by atoms with Crippen molar-refractivity contribution in [3.63, 3.8) is 0 Å². The van der Waals surface area contributed by atoms with Gasteiger partial charge in [0.15, 0.2) is 6.19 Å². The van der Waals surface area contributed by atoms with Crippen molar-refractivity contribution in [1.29, 1.82) is 5.26 Å². The summed E-state index contributed by atoms with van der Waals surface area (Å²) in [6.07, 6.45) is 3.12. The quantitative estimate of drug-likeness (QED) is 0.661. The zero-order chi connectivity index (χ0) is 13.0. The number of nitrogens with zero attached hydrogens (tertiary/aromatic N) is 4. The molecule has 0 saturated heterocycles. The maximum Gasteiger partial charge on any atom is 0.182 e. The Kier molecular flexibility index (Phi) is 3.34. The van der Waals surface area contributed by atoms with Gasteiger partial charge in [0.2, 0.25) is 0 Å². The van der Waals surface area contributed by atoms with Gasteiger partial charge in [0.25, 0.3) is 0 Å². The first-order chi connectivity index (χ1) is 8.70. The molecule has 0 spiro atoms. The standard InChI is InChI=1S/C12H10FN5/c1-18(10-4-2-3-9(13)5-10)12-6-11(15-7-14)16-8-17-12/h2-6,8H,1H3,(H,15,16,17). The van der Waals surface area contributed by atoms with Crippen molar-refractivity contribution in [1.82, 2.24) is 9.97 Å². The highest BCUT2D eigenvalue weighted by atomic mass is 19.1. The van der Waals surface area contributed by atoms with Crippen LogP contribution < -0.4 is 10.2 Å². The van der Waals surface area contributed by atoms with Crippen LogP contribution >= 0.6 is 0 Å². The van der Waals surface area contributed by atoms with Crippen molar-refractivity contribution in [2.24, 2.45) is 0 Å². The molecule has 0 aliphatic rings. The van der Waals surface area contributed by atoms with Gasteiger partial charge in [-0.05, 0) is 18.2 Å². The van der Waals surface area contributed by atoms with Crippen LogP contribution in [-0.2, 0) is 0 Å². The first kappa shape index (κ1) is 11.8. The van der Waals surface area contributed by atoms with Crippen molar-refractivity contribution in [2.45, 2.75) is 0 Å². The lowest BCUT2D eigenvalue weighted by Gasteiger charge is -2.18. The zero-order valence-electron chi connectivity index (χ0n) is 9.63. The van der Waals surface area contributed by atoms with Crippen LogP contribution in [0.5, 0.6) is 0 Å². The summed E-state index contributed by atoms with van der Waals surface area (Å²) in [7, 11) is 1.76. The molecule has 5 nitrogen and oxygen atoms in total. The predicted octanol–water partition coefficient (Wildman–Crippen LogP) is 2.28. The Labute approximate surface area is 104 Å². The molecule has 1 N–H and O–H groups in total. The molecule has 2 rings (SSSR count). The highest BCUT2D eigenvalue weighted by Gasteiger charge is 2.07. The molecular formula is C12H10FN5. The van der Waals surface area contributed by atoms with Gasteiger partial charge in [0.1, 0.15) is 23.8 Å². The fourth-order valence-electron chi connectivity index (χ4n) is 1.47. The molecular weight excluding hydrogens is 233 g/mol. The van der Waals surface area contributed by atoms with E-state index in [0.29, 0.717) is 17.3 Å². The van der Waals surface area contributed by atoms with E-state index in [1.807, 2.05) is 0 Å². The highest BCUT2D eigenvalue weighted by Crippen LogP contribution is 2.23. The molecule has 0 fully saturated rings. The molecule has 0 amide bonds. The molecule has 1 aromatic carbocycles. The molecule has 0 radical (unpaired) electrons. The minimum atomic E-state index is -0.316. The van der Waals surface area contributed by atoms with Crippen molar-refractivity contribution >= 4 is 17.3 Å². The van der Waals surface area contributed by atoms with E-state index in [1.165, 1.54) is 18.5 Å². The van der Waals surface area contributed by atoms with Crippen LogP contribution in [0.1, 0.15) is 0 Å². The average Bonchev–Trinajstić information content (AvgIpc) is 2.39. The monoisotopic (exact) mass is 243 g/mol. The number of benzene rings is 1. The van der Waals surface area contributed by atoms with Gasteiger partial charge in [-0.15, -0.1) is 0 Å². The van der Waals surface area contributed by atoms with E-state index >= 15 is 0 Å². The third kappa shape index (κ3) is 2.52. The van der Waals surface area contributed by atoms with E-state index in [9.17, 15) is 4.39 Å². The molecule has 0 aliphatic heterocycles. The van der Waals surface area contributed by atoms with E-state index in [4.69, 9.17) is 5.26 Å². The van der Waals surface area contributed by atoms with Crippen LogP contribution in [0.25, 0.3) is 0 Å². The SMILES string of the molecule is CN(c1cccc(F)c1)c1cc(NC#N)ncn1. The van der Waals surface area contributed by atoms with Crippen LogP contribution in [0.4, 0.5) is 21.7 Å². The lowest BCUT2D eigenvalue weighted by Crippen LogP contribution is -2.12. The molecule has 0 saturated carbocycles. The Morgan fingerprint density at radius 3 is 2.89 bits per heavy atom. The van der Waals surface area contributed by atoms with Gasteiger partial charge in [0, 0.05) is 18.8 Å². The van der Waals surface area contributed by atoms with E-state index in [-0.39, 0.29) is 5.82 Å². The number of anilines is 3. The molecule has 0 bridgehead atoms. The summed E-state index contributed by atoms with van der Waals surface area (Å²) in [6.45, 7) is 0. The fourth-order valence-corrected chi connectivity index (χ4v) is 1.47. The topological polar surface area (TPSA) is 64.8 Å². The van der Waals surface area contributed by atoms with Gasteiger partial charge in [-0.2, -0.15) is 5.26 Å². The summed E-state index contributed by atoms with van der Waals surface area (Å²) in [5, 5.41) is 10.9. The van der Waals surface area contributed by atoms with Gasteiger partial charge in [-0.1, -0.05) is 6.07 Å². The van der Waals surface area contributed by atoms with Crippen LogP contribution in [0.2, 0.25) is 0 Å². The maximum atomic E-state index is 13.1. The Hall–Kier alpha value is -2.68. The van der Waals surface area contributed by atoms with Crippen LogP contribution in [0, 0.1) is 17.3 Å². The Morgan fingerprint density at radius 2 is 2.17 bits per heavy atom. The Morgan fingerprint density at radius 1 is 1.33 bits per heavy atom. The molecule has 2 aromatic rings. The van der Waals surface area contributed by atoms with E-state index in [0.717, 1.165) is 0 Å². The molecule has 0 unspecified atom stereocenters. The van der Waals surface area contributed by atoms with Crippen molar-refractivity contribution < 1.29 is 4.39 Å². The van der Waals surface area contributed by atoms with Gasteiger partial charge in [-0.25, -0.2) is 14.4 Å². The minimum absolute atomic E-state index is 0.316. The largest absolute Gasteiger partial charge is 0.329 e. The average molecular weight is 243 g/mol. The van der Waals surface area contributed by atoms with Crippen LogP contribution in [0.3, 0.4) is 0 Å². The fraction of sp³-hybridized carbons (Fsp3) is 0.0833. The first-order valence-corrected chi connectivity index (χ1v) is 5.17. The first-order valence-electron chi connectivity index (χ1n) is 5.17. The number of aromatic nitrogens is 2. The number of rotatable bonds is 3. The summed E-state index contributed by atoms with van der Waals surface area (Å²) in [5.41, 5.74) is 0.664. The van der Waals surface area contributed by atoms with Crippen LogP contribution in [-0.4, -0.2) is 17.0 Å². The normalized spacial score (nSPS) is 9.61. The number of nitriles is 1. The summed E-state index contributed by atoms with van der Waals surface area (Å²) < 4.78 is 13.1. The van der Waals surface area contributed by atoms with Gasteiger partial charge < -0.3 is 4.90 Å². The number of hydrogen-bond donors (Lipinski definition) is 1. The molecule has 6 heteroatoms. The summed E-state index contributed by atoms with van der Waals surface area (Å²) in [5.74, 6) is 0.642. The molecule has 1 aromatic heterocycles. The smallest absolute Gasteiger partial charge is 0.182 e. The number of hydrogen-bond acceptors (Lipinski definition) is 5. The molecule has 0 atom stereocenters. The van der Waals surface area contributed by atoms with E-state index < -0.39 is 0 Å². The summed E-state index contributed by atoms with van der Waals surface area (Å²) in [6, 6.07) is 7.77. The lowest BCUT2D eigenvalue weighted by molar-refractivity contribution is 0.628. The zero-order valence-corrected chi connectivity index (χ0v) is 9.63.